The minimum absolute atomic E-state index is 0.113. The number of carbonyl (C=O) groups is 1. The standard InChI is InChI=1S/C17H20FN3O2S/c18-13-4-6-16(7-5-13)24-12-17(22)20-14-9-19-21(10-14)11-15-3-1-2-8-23-15/h4-7,9-10,15H,1-3,8,11-12H2,(H,20,22). The van der Waals surface area contributed by atoms with Gasteiger partial charge >= 0.3 is 0 Å². The third kappa shape index (κ3) is 5.07. The first-order valence-corrected chi connectivity index (χ1v) is 9.00. The topological polar surface area (TPSA) is 56.2 Å². The Hall–Kier alpha value is -1.86. The van der Waals surface area contributed by atoms with Crippen LogP contribution in [0, 0.1) is 5.82 Å². The summed E-state index contributed by atoms with van der Waals surface area (Å²) in [5.74, 6) is -0.126. The molecule has 1 aromatic heterocycles. The Morgan fingerprint density at radius 3 is 2.96 bits per heavy atom. The maximum atomic E-state index is 12.8. The van der Waals surface area contributed by atoms with Crippen molar-refractivity contribution in [3.63, 3.8) is 0 Å². The lowest BCUT2D eigenvalue weighted by atomic mass is 10.1. The number of rotatable bonds is 6. The molecule has 0 saturated carbocycles. The summed E-state index contributed by atoms with van der Waals surface area (Å²) in [6, 6.07) is 6.10. The molecule has 1 fully saturated rings. The van der Waals surface area contributed by atoms with E-state index in [9.17, 15) is 9.18 Å². The van der Waals surface area contributed by atoms with Crippen molar-refractivity contribution in [1.82, 2.24) is 9.78 Å². The molecule has 5 nitrogen and oxygen atoms in total. The Kier molecular flexibility index (Phi) is 5.87. The SMILES string of the molecule is O=C(CSc1ccc(F)cc1)Nc1cnn(CC2CCCCO2)c1. The lowest BCUT2D eigenvalue weighted by Crippen LogP contribution is -2.24. The molecule has 1 atom stereocenters. The molecule has 1 aromatic carbocycles. The van der Waals surface area contributed by atoms with Gasteiger partial charge < -0.3 is 10.1 Å². The van der Waals surface area contributed by atoms with Crippen LogP contribution in [0.4, 0.5) is 10.1 Å². The minimum Gasteiger partial charge on any atom is -0.376 e. The van der Waals surface area contributed by atoms with Crippen LogP contribution in [0.3, 0.4) is 0 Å². The normalized spacial score (nSPS) is 17.6. The Morgan fingerprint density at radius 1 is 1.38 bits per heavy atom. The van der Waals surface area contributed by atoms with Gasteiger partial charge in [0.05, 0.1) is 30.3 Å². The van der Waals surface area contributed by atoms with E-state index in [0.29, 0.717) is 12.2 Å². The molecular formula is C17H20FN3O2S. The summed E-state index contributed by atoms with van der Waals surface area (Å²) < 4.78 is 20.3. The molecule has 0 aliphatic carbocycles. The zero-order chi connectivity index (χ0) is 16.8. The lowest BCUT2D eigenvalue weighted by Gasteiger charge is -2.22. The van der Waals surface area contributed by atoms with Crippen LogP contribution in [-0.4, -0.2) is 34.2 Å². The second-order valence-corrected chi connectivity index (χ2v) is 6.78. The number of carbonyl (C=O) groups excluding carboxylic acids is 1. The van der Waals surface area contributed by atoms with Crippen molar-refractivity contribution in [3.05, 3.63) is 42.5 Å². The molecule has 2 aromatic rings. The van der Waals surface area contributed by atoms with Gasteiger partial charge in [-0.25, -0.2) is 4.39 Å². The smallest absolute Gasteiger partial charge is 0.234 e. The highest BCUT2D eigenvalue weighted by molar-refractivity contribution is 8.00. The number of hydrogen-bond donors (Lipinski definition) is 1. The first-order chi connectivity index (χ1) is 11.7. The van der Waals surface area contributed by atoms with E-state index in [1.54, 1.807) is 23.0 Å². The molecular weight excluding hydrogens is 329 g/mol. The van der Waals surface area contributed by atoms with E-state index in [1.165, 1.54) is 30.3 Å². The summed E-state index contributed by atoms with van der Waals surface area (Å²) in [5, 5.41) is 7.09. The number of nitrogens with zero attached hydrogens (tertiary/aromatic N) is 2. The first kappa shape index (κ1) is 17.0. The highest BCUT2D eigenvalue weighted by Gasteiger charge is 2.15. The summed E-state index contributed by atoms with van der Waals surface area (Å²) in [4.78, 5) is 12.8. The fraction of sp³-hybridized carbons (Fsp3) is 0.412. The van der Waals surface area contributed by atoms with E-state index in [1.807, 2.05) is 6.20 Å². The van der Waals surface area contributed by atoms with Crippen molar-refractivity contribution in [2.45, 2.75) is 36.8 Å². The summed E-state index contributed by atoms with van der Waals surface area (Å²) in [6.07, 6.45) is 7.03. The number of halogens is 1. The first-order valence-electron chi connectivity index (χ1n) is 8.01. The van der Waals surface area contributed by atoms with Gasteiger partial charge in [0.15, 0.2) is 0 Å². The highest BCUT2D eigenvalue weighted by atomic mass is 32.2. The number of nitrogens with one attached hydrogen (secondary N) is 1. The zero-order valence-corrected chi connectivity index (χ0v) is 14.1. The predicted octanol–water partition coefficient (Wildman–Crippen LogP) is 3.32. The van der Waals surface area contributed by atoms with Crippen LogP contribution < -0.4 is 5.32 Å². The van der Waals surface area contributed by atoms with Gasteiger partial charge in [-0.2, -0.15) is 5.10 Å². The molecule has 1 N–H and O–H groups in total. The van der Waals surface area contributed by atoms with Crippen molar-refractivity contribution >= 4 is 23.4 Å². The molecule has 0 bridgehead atoms. The van der Waals surface area contributed by atoms with Crippen LogP contribution >= 0.6 is 11.8 Å². The van der Waals surface area contributed by atoms with Crippen LogP contribution in [0.1, 0.15) is 19.3 Å². The van der Waals surface area contributed by atoms with Gasteiger partial charge in [-0.3, -0.25) is 9.48 Å². The van der Waals surface area contributed by atoms with Gasteiger partial charge in [0.25, 0.3) is 0 Å². The fourth-order valence-electron chi connectivity index (χ4n) is 2.56. The number of thioether (sulfide) groups is 1. The van der Waals surface area contributed by atoms with E-state index < -0.39 is 0 Å². The number of anilines is 1. The maximum Gasteiger partial charge on any atom is 0.234 e. The number of amides is 1. The minimum atomic E-state index is -0.279. The quantitative estimate of drug-likeness (QED) is 0.813. The summed E-state index contributed by atoms with van der Waals surface area (Å²) in [7, 11) is 0. The number of hydrogen-bond acceptors (Lipinski definition) is 4. The van der Waals surface area contributed by atoms with Gasteiger partial charge in [-0.05, 0) is 43.5 Å². The number of ether oxygens (including phenoxy) is 1. The van der Waals surface area contributed by atoms with E-state index in [-0.39, 0.29) is 23.6 Å². The molecule has 0 spiro atoms. The third-order valence-electron chi connectivity index (χ3n) is 3.77. The van der Waals surface area contributed by atoms with Crippen LogP contribution in [0.25, 0.3) is 0 Å². The molecule has 2 heterocycles. The van der Waals surface area contributed by atoms with Crippen LogP contribution in [0.15, 0.2) is 41.6 Å². The average Bonchev–Trinajstić information content (AvgIpc) is 3.02. The van der Waals surface area contributed by atoms with Gasteiger partial charge in [0.1, 0.15) is 5.82 Å². The Balaban J connectivity index is 1.45. The number of benzene rings is 1. The van der Waals surface area contributed by atoms with Crippen LogP contribution in [-0.2, 0) is 16.1 Å². The van der Waals surface area contributed by atoms with E-state index in [0.717, 1.165) is 24.3 Å². The molecule has 1 unspecified atom stereocenters. The molecule has 128 valence electrons. The third-order valence-corrected chi connectivity index (χ3v) is 4.78. The van der Waals surface area contributed by atoms with E-state index >= 15 is 0 Å². The van der Waals surface area contributed by atoms with Crippen LogP contribution in [0.5, 0.6) is 0 Å². The Labute approximate surface area is 144 Å². The maximum absolute atomic E-state index is 12.8. The lowest BCUT2D eigenvalue weighted by molar-refractivity contribution is -0.113. The Bertz CT molecular complexity index is 669. The molecule has 1 aliphatic heterocycles. The molecule has 1 amide bonds. The second-order valence-electron chi connectivity index (χ2n) is 5.73. The molecule has 1 aliphatic rings. The van der Waals surface area contributed by atoms with Crippen molar-refractivity contribution in [2.75, 3.05) is 17.7 Å². The van der Waals surface area contributed by atoms with Gasteiger partial charge in [0.2, 0.25) is 5.91 Å². The number of aromatic nitrogens is 2. The molecule has 0 radical (unpaired) electrons. The molecule has 7 heteroatoms. The van der Waals surface area contributed by atoms with Gasteiger partial charge in [0, 0.05) is 17.7 Å². The van der Waals surface area contributed by atoms with Gasteiger partial charge in [-0.1, -0.05) is 0 Å². The van der Waals surface area contributed by atoms with Crippen molar-refractivity contribution in [1.29, 1.82) is 0 Å². The molecule has 1 saturated heterocycles. The Morgan fingerprint density at radius 2 is 2.21 bits per heavy atom. The molecule has 3 rings (SSSR count). The van der Waals surface area contributed by atoms with E-state index in [2.05, 4.69) is 10.4 Å². The van der Waals surface area contributed by atoms with Crippen LogP contribution in [0.2, 0.25) is 0 Å². The largest absolute Gasteiger partial charge is 0.376 e. The average molecular weight is 349 g/mol. The van der Waals surface area contributed by atoms with Crippen molar-refractivity contribution in [2.24, 2.45) is 0 Å². The van der Waals surface area contributed by atoms with Gasteiger partial charge in [-0.15, -0.1) is 11.8 Å². The van der Waals surface area contributed by atoms with E-state index in [4.69, 9.17) is 4.74 Å². The monoisotopic (exact) mass is 349 g/mol. The van der Waals surface area contributed by atoms with Crippen molar-refractivity contribution in [3.8, 4) is 0 Å². The summed E-state index contributed by atoms with van der Waals surface area (Å²) in [6.45, 7) is 1.52. The fourth-order valence-corrected chi connectivity index (χ4v) is 3.26. The van der Waals surface area contributed by atoms with Crippen molar-refractivity contribution < 1.29 is 13.9 Å². The second kappa shape index (κ2) is 8.30. The summed E-state index contributed by atoms with van der Waals surface area (Å²) in [5.41, 5.74) is 0.676. The zero-order valence-electron chi connectivity index (χ0n) is 13.3. The predicted molar refractivity (Wildman–Crippen MR) is 91.6 cm³/mol. The summed E-state index contributed by atoms with van der Waals surface area (Å²) >= 11 is 1.37. The molecule has 24 heavy (non-hydrogen) atoms. The highest BCUT2D eigenvalue weighted by Crippen LogP contribution is 2.19.